The summed E-state index contributed by atoms with van der Waals surface area (Å²) in [5.74, 6) is 0. The lowest BCUT2D eigenvalue weighted by Gasteiger charge is -2.23. The Hall–Kier alpha value is -0.630. The molecule has 2 unspecified atom stereocenters. The van der Waals surface area contributed by atoms with Crippen LogP contribution in [0.2, 0.25) is 0 Å². The molecule has 16 heavy (non-hydrogen) atoms. The molecular weight excluding hydrogens is 223 g/mol. The van der Waals surface area contributed by atoms with Gasteiger partial charge in [-0.25, -0.2) is 0 Å². The molecule has 0 spiro atoms. The highest BCUT2D eigenvalue weighted by Gasteiger charge is 2.33. The number of hydrogen-bond acceptors (Lipinski definition) is 2. The highest BCUT2D eigenvalue weighted by molar-refractivity contribution is 7.53. The topological polar surface area (TPSA) is 46.5 Å². The van der Waals surface area contributed by atoms with Crippen LogP contribution < -0.4 is 0 Å². The molecule has 1 rings (SSSR count). The molecular formula is C12H18O3P. The van der Waals surface area contributed by atoms with E-state index in [0.29, 0.717) is 6.42 Å². The van der Waals surface area contributed by atoms with Crippen molar-refractivity contribution in [1.82, 2.24) is 0 Å². The van der Waals surface area contributed by atoms with E-state index in [0.717, 1.165) is 5.56 Å². The lowest BCUT2D eigenvalue weighted by molar-refractivity contribution is 0.197. The SMILES string of the molecule is CCC(c1cc[c]cc1)P(=O)(O)OC(C)C. The zero-order chi connectivity index (χ0) is 12.2. The van der Waals surface area contributed by atoms with Crippen LogP contribution in [0.4, 0.5) is 0 Å². The molecule has 0 aliphatic rings. The predicted octanol–water partition coefficient (Wildman–Crippen LogP) is 3.55. The van der Waals surface area contributed by atoms with Crippen LogP contribution in [0.25, 0.3) is 0 Å². The maximum Gasteiger partial charge on any atom is 0.335 e. The van der Waals surface area contributed by atoms with Crippen LogP contribution >= 0.6 is 7.60 Å². The smallest absolute Gasteiger partial charge is 0.324 e. The van der Waals surface area contributed by atoms with E-state index in [1.165, 1.54) is 0 Å². The molecule has 0 bridgehead atoms. The van der Waals surface area contributed by atoms with E-state index in [1.54, 1.807) is 38.1 Å². The quantitative estimate of drug-likeness (QED) is 0.802. The minimum atomic E-state index is -3.59. The van der Waals surface area contributed by atoms with Gasteiger partial charge in [0.25, 0.3) is 0 Å². The van der Waals surface area contributed by atoms with Crippen molar-refractivity contribution >= 4 is 7.60 Å². The zero-order valence-corrected chi connectivity index (χ0v) is 10.8. The van der Waals surface area contributed by atoms with Crippen LogP contribution in [0.3, 0.4) is 0 Å². The van der Waals surface area contributed by atoms with Crippen molar-refractivity contribution < 1.29 is 14.0 Å². The Bertz CT molecular complexity index is 362. The van der Waals surface area contributed by atoms with E-state index < -0.39 is 13.3 Å². The number of benzene rings is 1. The van der Waals surface area contributed by atoms with E-state index >= 15 is 0 Å². The monoisotopic (exact) mass is 241 g/mol. The summed E-state index contributed by atoms with van der Waals surface area (Å²) in [6.07, 6.45) is 0.324. The van der Waals surface area contributed by atoms with Crippen LogP contribution in [0.5, 0.6) is 0 Å². The summed E-state index contributed by atoms with van der Waals surface area (Å²) in [5, 5.41) is 0. The fraction of sp³-hybridized carbons (Fsp3) is 0.500. The van der Waals surface area contributed by atoms with Gasteiger partial charge in [-0.15, -0.1) is 0 Å². The molecule has 0 saturated heterocycles. The Morgan fingerprint density at radius 2 is 2.00 bits per heavy atom. The van der Waals surface area contributed by atoms with Gasteiger partial charge in [-0.3, -0.25) is 4.57 Å². The van der Waals surface area contributed by atoms with Gasteiger partial charge in [-0.05, 0) is 31.9 Å². The van der Waals surface area contributed by atoms with Gasteiger partial charge in [0.05, 0.1) is 11.8 Å². The summed E-state index contributed by atoms with van der Waals surface area (Å²) in [6, 6.07) is 9.99. The zero-order valence-electron chi connectivity index (χ0n) is 9.88. The maximum absolute atomic E-state index is 12.1. The highest BCUT2D eigenvalue weighted by atomic mass is 31.2. The lowest BCUT2D eigenvalue weighted by Crippen LogP contribution is -2.07. The molecule has 0 aliphatic carbocycles. The summed E-state index contributed by atoms with van der Waals surface area (Å²) in [5.41, 5.74) is 0.372. The minimum absolute atomic E-state index is 0.250. The molecule has 3 nitrogen and oxygen atoms in total. The lowest BCUT2D eigenvalue weighted by atomic mass is 10.1. The van der Waals surface area contributed by atoms with Crippen molar-refractivity contribution in [2.75, 3.05) is 0 Å². The first kappa shape index (κ1) is 13.4. The van der Waals surface area contributed by atoms with E-state index in [2.05, 4.69) is 6.07 Å². The first-order chi connectivity index (χ1) is 7.47. The predicted molar refractivity (Wildman–Crippen MR) is 64.4 cm³/mol. The molecule has 0 saturated carbocycles. The Kier molecular flexibility index (Phi) is 4.72. The Morgan fingerprint density at radius 3 is 2.44 bits per heavy atom. The van der Waals surface area contributed by atoms with E-state index in [9.17, 15) is 9.46 Å². The fourth-order valence-corrected chi connectivity index (χ4v) is 3.41. The average Bonchev–Trinajstić information content (AvgIpc) is 2.17. The van der Waals surface area contributed by atoms with Crippen molar-refractivity contribution in [3.05, 3.63) is 35.9 Å². The summed E-state index contributed by atoms with van der Waals surface area (Å²) in [4.78, 5) is 9.92. The third kappa shape index (κ3) is 3.44. The molecule has 1 aromatic rings. The second kappa shape index (κ2) is 5.62. The van der Waals surface area contributed by atoms with Crippen molar-refractivity contribution in [3.63, 3.8) is 0 Å². The van der Waals surface area contributed by atoms with Gasteiger partial charge >= 0.3 is 7.60 Å². The molecule has 1 aromatic carbocycles. The third-order valence-electron chi connectivity index (χ3n) is 2.27. The number of rotatable bonds is 5. The van der Waals surface area contributed by atoms with Gasteiger partial charge in [0.1, 0.15) is 0 Å². The summed E-state index contributed by atoms with van der Waals surface area (Å²) >= 11 is 0. The maximum atomic E-state index is 12.1. The Labute approximate surface area is 97.0 Å². The third-order valence-corrected chi connectivity index (χ3v) is 4.45. The van der Waals surface area contributed by atoms with E-state index in [-0.39, 0.29) is 6.10 Å². The van der Waals surface area contributed by atoms with Gasteiger partial charge < -0.3 is 9.42 Å². The Balaban J connectivity index is 2.94. The van der Waals surface area contributed by atoms with Gasteiger partial charge in [-0.2, -0.15) is 0 Å². The minimum Gasteiger partial charge on any atom is -0.324 e. The largest absolute Gasteiger partial charge is 0.335 e. The first-order valence-electron chi connectivity index (χ1n) is 5.44. The van der Waals surface area contributed by atoms with E-state index in [1.807, 2.05) is 6.92 Å². The molecule has 0 amide bonds. The second-order valence-corrected chi connectivity index (χ2v) is 5.94. The molecule has 0 aromatic heterocycles. The van der Waals surface area contributed by atoms with Crippen LogP contribution in [-0.4, -0.2) is 11.0 Å². The van der Waals surface area contributed by atoms with Gasteiger partial charge in [0, 0.05) is 0 Å². The number of hydrogen-bond donors (Lipinski definition) is 1. The molecule has 1 N–H and O–H groups in total. The fourth-order valence-electron chi connectivity index (χ4n) is 1.65. The normalized spacial score (nSPS) is 17.1. The molecule has 89 valence electrons. The van der Waals surface area contributed by atoms with Gasteiger partial charge in [-0.1, -0.05) is 31.2 Å². The van der Waals surface area contributed by atoms with E-state index in [4.69, 9.17) is 4.52 Å². The highest BCUT2D eigenvalue weighted by Crippen LogP contribution is 2.58. The van der Waals surface area contributed by atoms with Crippen molar-refractivity contribution in [2.24, 2.45) is 0 Å². The summed E-state index contributed by atoms with van der Waals surface area (Å²) < 4.78 is 17.2. The first-order valence-corrected chi connectivity index (χ1v) is 7.09. The summed E-state index contributed by atoms with van der Waals surface area (Å²) in [7, 11) is -3.59. The van der Waals surface area contributed by atoms with Crippen LogP contribution in [0, 0.1) is 6.07 Å². The molecule has 4 heteroatoms. The van der Waals surface area contributed by atoms with Gasteiger partial charge in [0.2, 0.25) is 0 Å². The average molecular weight is 241 g/mol. The van der Waals surface area contributed by atoms with Crippen molar-refractivity contribution in [2.45, 2.75) is 39.0 Å². The standard InChI is InChI=1S/C12H18O3P/c1-4-12(11-8-6-5-7-9-11)16(13,14)15-10(2)3/h6-10,12H,4H2,1-3H3,(H,13,14). The van der Waals surface area contributed by atoms with Crippen LogP contribution in [0.15, 0.2) is 24.3 Å². The molecule has 0 heterocycles. The summed E-state index contributed by atoms with van der Waals surface area (Å²) in [6.45, 7) is 5.40. The Morgan fingerprint density at radius 1 is 1.44 bits per heavy atom. The van der Waals surface area contributed by atoms with Crippen molar-refractivity contribution in [1.29, 1.82) is 0 Å². The van der Waals surface area contributed by atoms with Crippen LogP contribution in [0.1, 0.15) is 38.4 Å². The second-order valence-electron chi connectivity index (χ2n) is 3.98. The molecule has 1 radical (unpaired) electrons. The molecule has 0 aliphatic heterocycles. The van der Waals surface area contributed by atoms with Crippen molar-refractivity contribution in [3.8, 4) is 0 Å². The molecule has 2 atom stereocenters. The molecule has 0 fully saturated rings. The van der Waals surface area contributed by atoms with Gasteiger partial charge in [0.15, 0.2) is 0 Å². The van der Waals surface area contributed by atoms with Crippen LogP contribution in [-0.2, 0) is 9.09 Å².